The van der Waals surface area contributed by atoms with Crippen molar-refractivity contribution in [2.75, 3.05) is 6.54 Å². The smallest absolute Gasteiger partial charge is 0.406 e. The number of rotatable bonds is 3. The highest BCUT2D eigenvalue weighted by atomic mass is 19.4. The second kappa shape index (κ2) is 6.14. The first-order valence-corrected chi connectivity index (χ1v) is 6.46. The van der Waals surface area contributed by atoms with E-state index in [0.29, 0.717) is 6.54 Å². The van der Waals surface area contributed by atoms with E-state index in [1.165, 1.54) is 12.1 Å². The molecule has 1 atom stereocenters. The lowest BCUT2D eigenvalue weighted by atomic mass is 10.0. The molecule has 0 saturated carbocycles. The molecule has 1 fully saturated rings. The lowest BCUT2D eigenvalue weighted by Crippen LogP contribution is -2.37. The fourth-order valence-corrected chi connectivity index (χ4v) is 2.36. The molecule has 6 heteroatoms. The van der Waals surface area contributed by atoms with Crippen molar-refractivity contribution in [2.24, 2.45) is 0 Å². The first-order chi connectivity index (χ1) is 9.48. The summed E-state index contributed by atoms with van der Waals surface area (Å²) >= 11 is 0. The summed E-state index contributed by atoms with van der Waals surface area (Å²) in [4.78, 5) is 2.06. The molecule has 0 amide bonds. The summed E-state index contributed by atoms with van der Waals surface area (Å²) in [6, 6.07) is 7.97. The molecule has 1 aliphatic heterocycles. The van der Waals surface area contributed by atoms with Crippen molar-refractivity contribution in [2.45, 2.75) is 38.2 Å². The molecule has 0 bridgehead atoms. The molecule has 1 aromatic rings. The molecule has 1 heterocycles. The number of nitrogens with zero attached hydrogens (tertiary/aromatic N) is 2. The Bertz CT molecular complexity index is 479. The van der Waals surface area contributed by atoms with Gasteiger partial charge in [0.2, 0.25) is 0 Å². The molecule has 1 aliphatic rings. The topological polar surface area (TPSA) is 36.3 Å². The van der Waals surface area contributed by atoms with Crippen molar-refractivity contribution in [3.8, 4) is 11.8 Å². The Kier molecular flexibility index (Phi) is 4.50. The summed E-state index contributed by atoms with van der Waals surface area (Å²) in [6.45, 7) is 1.42. The van der Waals surface area contributed by atoms with E-state index in [1.807, 2.05) is 0 Å². The Hall–Kier alpha value is -1.74. The largest absolute Gasteiger partial charge is 0.573 e. The molecule has 1 unspecified atom stereocenters. The van der Waals surface area contributed by atoms with Gasteiger partial charge in [0.25, 0.3) is 0 Å². The highest BCUT2D eigenvalue weighted by molar-refractivity contribution is 5.27. The van der Waals surface area contributed by atoms with Crippen molar-refractivity contribution < 1.29 is 17.9 Å². The highest BCUT2D eigenvalue weighted by Crippen LogP contribution is 2.24. The lowest BCUT2D eigenvalue weighted by molar-refractivity contribution is -0.274. The maximum atomic E-state index is 12.0. The molecule has 0 radical (unpaired) electrons. The van der Waals surface area contributed by atoms with Crippen LogP contribution in [0, 0.1) is 11.3 Å². The van der Waals surface area contributed by atoms with E-state index in [-0.39, 0.29) is 11.8 Å². The molecule has 0 aromatic heterocycles. The molecule has 0 spiro atoms. The summed E-state index contributed by atoms with van der Waals surface area (Å²) in [5, 5.41) is 9.07. The third-order valence-corrected chi connectivity index (χ3v) is 3.31. The van der Waals surface area contributed by atoms with Crippen LogP contribution in [0.2, 0.25) is 0 Å². The maximum absolute atomic E-state index is 12.0. The number of ether oxygens (including phenoxy) is 1. The molecule has 0 aliphatic carbocycles. The SMILES string of the molecule is N#CC1CCCCN1Cc1ccc(OC(F)(F)F)cc1. The van der Waals surface area contributed by atoms with Gasteiger partial charge >= 0.3 is 6.36 Å². The van der Waals surface area contributed by atoms with E-state index in [2.05, 4.69) is 15.7 Å². The van der Waals surface area contributed by atoms with Crippen LogP contribution < -0.4 is 4.74 Å². The number of hydrogen-bond donors (Lipinski definition) is 0. The van der Waals surface area contributed by atoms with E-state index in [0.717, 1.165) is 31.4 Å². The van der Waals surface area contributed by atoms with Gasteiger partial charge in [0.1, 0.15) is 5.75 Å². The van der Waals surface area contributed by atoms with Crippen LogP contribution in [0.15, 0.2) is 24.3 Å². The zero-order chi connectivity index (χ0) is 14.6. The van der Waals surface area contributed by atoms with Gasteiger partial charge in [-0.1, -0.05) is 12.1 Å². The first-order valence-electron chi connectivity index (χ1n) is 6.46. The van der Waals surface area contributed by atoms with Crippen molar-refractivity contribution in [3.05, 3.63) is 29.8 Å². The predicted octanol–water partition coefficient (Wildman–Crippen LogP) is 3.46. The van der Waals surface area contributed by atoms with Crippen molar-refractivity contribution in [3.63, 3.8) is 0 Å². The van der Waals surface area contributed by atoms with Gasteiger partial charge < -0.3 is 4.74 Å². The number of likely N-dealkylation sites (tertiary alicyclic amines) is 1. The van der Waals surface area contributed by atoms with Gasteiger partial charge in [-0.05, 0) is 43.5 Å². The summed E-state index contributed by atoms with van der Waals surface area (Å²) in [7, 11) is 0. The van der Waals surface area contributed by atoms with E-state index >= 15 is 0 Å². The van der Waals surface area contributed by atoms with Crippen LogP contribution >= 0.6 is 0 Å². The predicted molar refractivity (Wildman–Crippen MR) is 66.8 cm³/mol. The molecule has 2 rings (SSSR count). The van der Waals surface area contributed by atoms with Crippen LogP contribution in [0.3, 0.4) is 0 Å². The quantitative estimate of drug-likeness (QED) is 0.852. The number of benzene rings is 1. The molecular formula is C14H15F3N2O. The number of alkyl halides is 3. The second-order valence-corrected chi connectivity index (χ2v) is 4.80. The fraction of sp³-hybridized carbons (Fsp3) is 0.500. The van der Waals surface area contributed by atoms with Crippen LogP contribution in [0.5, 0.6) is 5.75 Å². The monoisotopic (exact) mass is 284 g/mol. The van der Waals surface area contributed by atoms with Gasteiger partial charge in [-0.2, -0.15) is 5.26 Å². The number of piperidine rings is 1. The van der Waals surface area contributed by atoms with Gasteiger partial charge in [0.05, 0.1) is 12.1 Å². The lowest BCUT2D eigenvalue weighted by Gasteiger charge is -2.31. The van der Waals surface area contributed by atoms with Crippen molar-refractivity contribution in [1.29, 1.82) is 5.26 Å². The zero-order valence-corrected chi connectivity index (χ0v) is 10.9. The average Bonchev–Trinajstić information content (AvgIpc) is 2.40. The maximum Gasteiger partial charge on any atom is 0.573 e. The zero-order valence-electron chi connectivity index (χ0n) is 10.9. The Balaban J connectivity index is 1.98. The van der Waals surface area contributed by atoms with Crippen LogP contribution in [0.1, 0.15) is 24.8 Å². The highest BCUT2D eigenvalue weighted by Gasteiger charge is 2.31. The van der Waals surface area contributed by atoms with Crippen LogP contribution in [0.25, 0.3) is 0 Å². The molecule has 108 valence electrons. The standard InChI is InChI=1S/C14H15F3N2O/c15-14(16,17)20-13-6-4-11(5-7-13)10-19-8-2-1-3-12(19)9-18/h4-7,12H,1-3,8,10H2. The number of halogens is 3. The Morgan fingerprint density at radius 3 is 2.55 bits per heavy atom. The summed E-state index contributed by atoms with van der Waals surface area (Å²) < 4.78 is 40.0. The molecule has 1 saturated heterocycles. The first kappa shape index (κ1) is 14.7. The summed E-state index contributed by atoms with van der Waals surface area (Å²) in [5.41, 5.74) is 0.877. The van der Waals surface area contributed by atoms with Crippen LogP contribution in [-0.4, -0.2) is 23.8 Å². The van der Waals surface area contributed by atoms with Crippen LogP contribution in [-0.2, 0) is 6.54 Å². The minimum atomic E-state index is -4.67. The minimum Gasteiger partial charge on any atom is -0.406 e. The molecule has 0 N–H and O–H groups in total. The van der Waals surface area contributed by atoms with E-state index < -0.39 is 6.36 Å². The fourth-order valence-electron chi connectivity index (χ4n) is 2.36. The Morgan fingerprint density at radius 2 is 1.95 bits per heavy atom. The Morgan fingerprint density at radius 1 is 1.25 bits per heavy atom. The number of nitriles is 1. The van der Waals surface area contributed by atoms with E-state index in [4.69, 9.17) is 5.26 Å². The minimum absolute atomic E-state index is 0.102. The van der Waals surface area contributed by atoms with Gasteiger partial charge in [-0.15, -0.1) is 13.2 Å². The molecule has 3 nitrogen and oxygen atoms in total. The Labute approximate surface area is 115 Å². The summed E-state index contributed by atoms with van der Waals surface area (Å²) in [5.74, 6) is -0.225. The number of hydrogen-bond acceptors (Lipinski definition) is 3. The van der Waals surface area contributed by atoms with Crippen molar-refractivity contribution >= 4 is 0 Å². The van der Waals surface area contributed by atoms with E-state index in [9.17, 15) is 13.2 Å². The third-order valence-electron chi connectivity index (χ3n) is 3.31. The van der Waals surface area contributed by atoms with Gasteiger partial charge in [0, 0.05) is 6.54 Å². The third kappa shape index (κ3) is 4.14. The van der Waals surface area contributed by atoms with Crippen LogP contribution in [0.4, 0.5) is 13.2 Å². The molecule has 1 aromatic carbocycles. The van der Waals surface area contributed by atoms with Gasteiger partial charge in [0.15, 0.2) is 0 Å². The van der Waals surface area contributed by atoms with Crippen molar-refractivity contribution in [1.82, 2.24) is 4.90 Å². The second-order valence-electron chi connectivity index (χ2n) is 4.80. The van der Waals surface area contributed by atoms with E-state index in [1.54, 1.807) is 12.1 Å². The normalized spacial score (nSPS) is 20.4. The average molecular weight is 284 g/mol. The van der Waals surface area contributed by atoms with Gasteiger partial charge in [-0.3, -0.25) is 4.90 Å². The van der Waals surface area contributed by atoms with Gasteiger partial charge in [-0.25, -0.2) is 0 Å². The molecular weight excluding hydrogens is 269 g/mol. The molecule has 20 heavy (non-hydrogen) atoms. The summed E-state index contributed by atoms with van der Waals surface area (Å²) in [6.07, 6.45) is -1.72.